The zero-order valence-electron chi connectivity index (χ0n) is 21.0. The first kappa shape index (κ1) is 23.8. The molecular weight excluding hydrogens is 470 g/mol. The van der Waals surface area contributed by atoms with Crippen LogP contribution in [0.15, 0.2) is 36.9 Å². The topological polar surface area (TPSA) is 106 Å². The lowest BCUT2D eigenvalue weighted by atomic mass is 9.93. The lowest BCUT2D eigenvalue weighted by molar-refractivity contribution is 0.0792. The standard InChI is InChI=1S/C27H33N7O3/c35-26(34-9-1-2-10-34)19-17-30-27(31-18-19)32-20-3-5-22(6-4-20)37-24-16-21(33-11-13-36-14-12-33)15-23-25(24)29-8-7-28-23/h7-8,15-18,20,22H,1-6,9-14H2,(H,30,31,32). The smallest absolute Gasteiger partial charge is 0.256 e. The number of hydrogen-bond donors (Lipinski definition) is 1. The van der Waals surface area contributed by atoms with E-state index in [-0.39, 0.29) is 18.1 Å². The molecule has 0 bridgehead atoms. The van der Waals surface area contributed by atoms with Gasteiger partial charge >= 0.3 is 0 Å². The SMILES string of the molecule is O=C(c1cnc(NC2CCC(Oc3cc(N4CCOCC4)cc4nccnc34)CC2)nc1)N1CCCC1. The number of rotatable bonds is 6. The van der Waals surface area contributed by atoms with Crippen LogP contribution in [0.25, 0.3) is 11.0 Å². The van der Waals surface area contributed by atoms with E-state index in [1.54, 1.807) is 24.8 Å². The van der Waals surface area contributed by atoms with Gasteiger partial charge in [-0.3, -0.25) is 9.78 Å². The third-order valence-corrected chi connectivity index (χ3v) is 7.49. The number of nitrogens with zero attached hydrogens (tertiary/aromatic N) is 6. The number of morpholine rings is 1. The number of likely N-dealkylation sites (tertiary alicyclic amines) is 1. The predicted molar refractivity (Wildman–Crippen MR) is 140 cm³/mol. The van der Waals surface area contributed by atoms with Gasteiger partial charge in [-0.05, 0) is 44.6 Å². The van der Waals surface area contributed by atoms with E-state index in [1.165, 1.54) is 0 Å². The molecule has 0 atom stereocenters. The van der Waals surface area contributed by atoms with Gasteiger partial charge in [-0.25, -0.2) is 15.0 Å². The molecule has 2 aliphatic heterocycles. The number of hydrogen-bond acceptors (Lipinski definition) is 9. The number of aromatic nitrogens is 4. The van der Waals surface area contributed by atoms with Crippen LogP contribution in [-0.4, -0.2) is 82.3 Å². The van der Waals surface area contributed by atoms with E-state index < -0.39 is 0 Å². The fourth-order valence-corrected chi connectivity index (χ4v) is 5.43. The summed E-state index contributed by atoms with van der Waals surface area (Å²) in [6.07, 6.45) is 12.7. The summed E-state index contributed by atoms with van der Waals surface area (Å²) in [5.74, 6) is 1.39. The second-order valence-electron chi connectivity index (χ2n) is 10.00. The van der Waals surface area contributed by atoms with E-state index in [2.05, 4.69) is 42.3 Å². The minimum atomic E-state index is 0.0246. The third-order valence-electron chi connectivity index (χ3n) is 7.49. The van der Waals surface area contributed by atoms with Gasteiger partial charge in [0.25, 0.3) is 5.91 Å². The maximum Gasteiger partial charge on any atom is 0.256 e. The molecule has 10 heteroatoms. The highest BCUT2D eigenvalue weighted by Gasteiger charge is 2.25. The highest BCUT2D eigenvalue weighted by Crippen LogP contribution is 2.33. The maximum absolute atomic E-state index is 12.5. The van der Waals surface area contributed by atoms with Crippen LogP contribution >= 0.6 is 0 Å². The zero-order valence-corrected chi connectivity index (χ0v) is 21.0. The van der Waals surface area contributed by atoms with Gasteiger partial charge in [0.2, 0.25) is 5.95 Å². The van der Waals surface area contributed by atoms with Gasteiger partial charge in [-0.15, -0.1) is 0 Å². The van der Waals surface area contributed by atoms with Crippen LogP contribution < -0.4 is 15.0 Å². The average Bonchev–Trinajstić information content (AvgIpc) is 3.50. The van der Waals surface area contributed by atoms with Crippen molar-refractivity contribution in [3.05, 3.63) is 42.5 Å². The lowest BCUT2D eigenvalue weighted by Crippen LogP contribution is -2.36. The van der Waals surface area contributed by atoms with Crippen molar-refractivity contribution in [1.82, 2.24) is 24.8 Å². The number of nitrogens with one attached hydrogen (secondary N) is 1. The molecule has 0 radical (unpaired) electrons. The van der Waals surface area contributed by atoms with Gasteiger partial charge in [-0.1, -0.05) is 0 Å². The largest absolute Gasteiger partial charge is 0.488 e. The Bertz CT molecular complexity index is 1220. The first-order valence-corrected chi connectivity index (χ1v) is 13.3. The molecule has 1 amide bonds. The van der Waals surface area contributed by atoms with E-state index >= 15 is 0 Å². The fraction of sp³-hybridized carbons (Fsp3) is 0.519. The molecule has 194 valence electrons. The first-order chi connectivity index (χ1) is 18.2. The Morgan fingerprint density at radius 1 is 0.919 bits per heavy atom. The second kappa shape index (κ2) is 10.8. The zero-order chi connectivity index (χ0) is 25.0. The van der Waals surface area contributed by atoms with Gasteiger partial charge in [0.1, 0.15) is 11.3 Å². The molecule has 3 aliphatic rings. The summed E-state index contributed by atoms with van der Waals surface area (Å²) in [4.78, 5) is 34.6. The monoisotopic (exact) mass is 503 g/mol. The molecule has 37 heavy (non-hydrogen) atoms. The van der Waals surface area contributed by atoms with Crippen molar-refractivity contribution in [2.45, 2.75) is 50.7 Å². The van der Waals surface area contributed by atoms with Crippen molar-refractivity contribution in [2.24, 2.45) is 0 Å². The molecule has 1 aromatic carbocycles. The number of fused-ring (bicyclic) bond motifs is 1. The van der Waals surface area contributed by atoms with Crippen molar-refractivity contribution >= 4 is 28.6 Å². The highest BCUT2D eigenvalue weighted by atomic mass is 16.5. The van der Waals surface area contributed by atoms with Gasteiger partial charge in [0.05, 0.1) is 30.4 Å². The summed E-state index contributed by atoms with van der Waals surface area (Å²) in [5, 5.41) is 3.44. The Balaban J connectivity index is 1.07. The number of amides is 1. The Labute approximate surface area is 216 Å². The van der Waals surface area contributed by atoms with Crippen LogP contribution in [0, 0.1) is 0 Å². The van der Waals surface area contributed by atoms with Crippen LogP contribution in [0.5, 0.6) is 5.75 Å². The highest BCUT2D eigenvalue weighted by molar-refractivity contribution is 5.93. The van der Waals surface area contributed by atoms with E-state index in [9.17, 15) is 4.79 Å². The number of ether oxygens (including phenoxy) is 2. The van der Waals surface area contributed by atoms with Crippen molar-refractivity contribution in [1.29, 1.82) is 0 Å². The van der Waals surface area contributed by atoms with E-state index in [0.717, 1.165) is 100 Å². The van der Waals surface area contributed by atoms with Crippen molar-refractivity contribution < 1.29 is 14.3 Å². The Kier molecular flexibility index (Phi) is 6.98. The molecular formula is C27H33N7O3. The molecule has 4 heterocycles. The number of carbonyl (C=O) groups is 1. The van der Waals surface area contributed by atoms with E-state index in [4.69, 9.17) is 9.47 Å². The lowest BCUT2D eigenvalue weighted by Gasteiger charge is -2.31. The van der Waals surface area contributed by atoms with Crippen LogP contribution in [0.4, 0.5) is 11.6 Å². The molecule has 1 aliphatic carbocycles. The first-order valence-electron chi connectivity index (χ1n) is 13.3. The van der Waals surface area contributed by atoms with Crippen LogP contribution in [0.1, 0.15) is 48.9 Å². The molecule has 3 aromatic rings. The predicted octanol–water partition coefficient (Wildman–Crippen LogP) is 3.29. The summed E-state index contributed by atoms with van der Waals surface area (Å²) in [7, 11) is 0. The third kappa shape index (κ3) is 5.44. The van der Waals surface area contributed by atoms with Crippen molar-refractivity contribution in [3.63, 3.8) is 0 Å². The quantitative estimate of drug-likeness (QED) is 0.542. The van der Waals surface area contributed by atoms with E-state index in [1.807, 2.05) is 4.90 Å². The van der Waals surface area contributed by atoms with Gasteiger partial charge < -0.3 is 24.6 Å². The number of benzene rings is 1. The summed E-state index contributed by atoms with van der Waals surface area (Å²) in [6.45, 7) is 4.82. The Morgan fingerprint density at radius 2 is 1.65 bits per heavy atom. The van der Waals surface area contributed by atoms with E-state index in [0.29, 0.717) is 11.5 Å². The van der Waals surface area contributed by atoms with Crippen molar-refractivity contribution in [3.8, 4) is 5.75 Å². The molecule has 3 fully saturated rings. The van der Waals surface area contributed by atoms with Gasteiger partial charge in [0.15, 0.2) is 0 Å². The van der Waals surface area contributed by atoms with Crippen LogP contribution in [0.2, 0.25) is 0 Å². The van der Waals surface area contributed by atoms with Crippen molar-refractivity contribution in [2.75, 3.05) is 49.6 Å². The average molecular weight is 504 g/mol. The Hall–Kier alpha value is -3.53. The molecule has 2 aromatic heterocycles. The minimum Gasteiger partial charge on any atom is -0.488 e. The normalized spacial score (nSPS) is 22.3. The summed E-state index contributed by atoms with van der Waals surface area (Å²) in [6, 6.07) is 4.47. The summed E-state index contributed by atoms with van der Waals surface area (Å²) in [5.41, 5.74) is 3.31. The molecule has 2 saturated heterocycles. The molecule has 1 N–H and O–H groups in total. The molecule has 1 saturated carbocycles. The molecule has 0 spiro atoms. The molecule has 0 unspecified atom stereocenters. The Morgan fingerprint density at radius 3 is 2.41 bits per heavy atom. The van der Waals surface area contributed by atoms with Crippen LogP contribution in [0.3, 0.4) is 0 Å². The summed E-state index contributed by atoms with van der Waals surface area (Å²) >= 11 is 0. The van der Waals surface area contributed by atoms with Gasteiger partial charge in [0, 0.05) is 68.8 Å². The van der Waals surface area contributed by atoms with Crippen LogP contribution in [-0.2, 0) is 4.74 Å². The minimum absolute atomic E-state index is 0.0246. The second-order valence-corrected chi connectivity index (χ2v) is 10.00. The number of anilines is 2. The van der Waals surface area contributed by atoms with Gasteiger partial charge in [-0.2, -0.15) is 0 Å². The fourth-order valence-electron chi connectivity index (χ4n) is 5.43. The maximum atomic E-state index is 12.5. The summed E-state index contributed by atoms with van der Waals surface area (Å²) < 4.78 is 12.0. The molecule has 6 rings (SSSR count). The number of carbonyl (C=O) groups excluding carboxylic acids is 1. The molecule has 10 nitrogen and oxygen atoms in total.